The van der Waals surface area contributed by atoms with Gasteiger partial charge in [0, 0.05) is 37.0 Å². The second kappa shape index (κ2) is 9.48. The predicted molar refractivity (Wildman–Crippen MR) is 96.5 cm³/mol. The van der Waals surface area contributed by atoms with E-state index in [1.54, 1.807) is 12.4 Å². The number of ether oxygens (including phenoxy) is 1. The largest absolute Gasteiger partial charge is 0.350 e. The third kappa shape index (κ3) is 6.10. The van der Waals surface area contributed by atoms with Gasteiger partial charge in [-0.1, -0.05) is 20.4 Å². The van der Waals surface area contributed by atoms with Gasteiger partial charge < -0.3 is 14.4 Å². The zero-order valence-electron chi connectivity index (χ0n) is 15.3. The van der Waals surface area contributed by atoms with E-state index in [0.29, 0.717) is 24.2 Å². The fourth-order valence-electron chi connectivity index (χ4n) is 2.45. The molecule has 0 radical (unpaired) electrons. The number of aldehydes is 1. The van der Waals surface area contributed by atoms with Crippen molar-refractivity contribution in [3.05, 3.63) is 24.5 Å². The van der Waals surface area contributed by atoms with Crippen LogP contribution in [0.25, 0.3) is 5.70 Å². The number of anilines is 1. The van der Waals surface area contributed by atoms with E-state index in [1.165, 1.54) is 0 Å². The van der Waals surface area contributed by atoms with Gasteiger partial charge in [0.15, 0.2) is 6.29 Å². The van der Waals surface area contributed by atoms with Crippen LogP contribution in [0.3, 0.4) is 0 Å². The summed E-state index contributed by atoms with van der Waals surface area (Å²) in [4.78, 5) is 27.1. The minimum absolute atomic E-state index is 0.163. The van der Waals surface area contributed by atoms with E-state index in [4.69, 9.17) is 9.57 Å². The second-order valence-corrected chi connectivity index (χ2v) is 6.73. The number of aromatic nitrogens is 2. The first-order valence-corrected chi connectivity index (χ1v) is 8.74. The van der Waals surface area contributed by atoms with Gasteiger partial charge in [0.2, 0.25) is 5.95 Å². The first-order valence-electron chi connectivity index (χ1n) is 8.74. The lowest BCUT2D eigenvalue weighted by molar-refractivity contribution is -0.160. The molecule has 1 aromatic rings. The lowest BCUT2D eigenvalue weighted by Gasteiger charge is -2.29. The first kappa shape index (κ1) is 19.3. The molecule has 2 rings (SSSR count). The summed E-state index contributed by atoms with van der Waals surface area (Å²) in [7, 11) is 0. The lowest BCUT2D eigenvalue weighted by Crippen LogP contribution is -2.35. The molecule has 0 saturated carbocycles. The van der Waals surface area contributed by atoms with Crippen LogP contribution in [0.15, 0.2) is 19.0 Å². The zero-order chi connectivity index (χ0) is 18.2. The Morgan fingerprint density at radius 2 is 2.00 bits per heavy atom. The normalized spacial score (nSPS) is 16.7. The predicted octanol–water partition coefficient (Wildman–Crippen LogP) is 2.40. The highest BCUT2D eigenvalue weighted by molar-refractivity contribution is 5.59. The molecule has 1 unspecified atom stereocenters. The Morgan fingerprint density at radius 3 is 2.56 bits per heavy atom. The van der Waals surface area contributed by atoms with Crippen molar-refractivity contribution in [2.45, 2.75) is 39.9 Å². The number of hydrogen-bond donors (Lipinski definition) is 1. The third-order valence-corrected chi connectivity index (χ3v) is 4.01. The average molecular weight is 348 g/mol. The molecule has 0 bridgehead atoms. The molecule has 25 heavy (non-hydrogen) atoms. The second-order valence-electron chi connectivity index (χ2n) is 6.73. The molecule has 7 nitrogen and oxygen atoms in total. The zero-order valence-corrected chi connectivity index (χ0v) is 15.3. The van der Waals surface area contributed by atoms with Crippen LogP contribution in [0, 0.1) is 11.8 Å². The number of nitrogens with one attached hydrogen (secondary N) is 1. The number of rotatable bonds is 9. The molecule has 1 atom stereocenters. The average Bonchev–Trinajstić information content (AvgIpc) is 2.64. The van der Waals surface area contributed by atoms with Crippen LogP contribution in [-0.2, 0) is 14.4 Å². The van der Waals surface area contributed by atoms with Gasteiger partial charge in [0.05, 0.1) is 12.3 Å². The number of carbonyl (C=O) groups excluding carboxylic acids is 1. The van der Waals surface area contributed by atoms with E-state index >= 15 is 0 Å². The minimum atomic E-state index is -0.376. The summed E-state index contributed by atoms with van der Waals surface area (Å²) in [6, 6.07) is 0. The maximum Gasteiger partial charge on any atom is 0.225 e. The van der Waals surface area contributed by atoms with Gasteiger partial charge in [0.25, 0.3) is 0 Å². The number of piperidine rings is 1. The van der Waals surface area contributed by atoms with Crippen molar-refractivity contribution in [2.24, 2.45) is 11.8 Å². The molecular formula is C18H28N4O3. The molecule has 138 valence electrons. The Hall–Kier alpha value is -1.99. The molecule has 1 aromatic heterocycles. The van der Waals surface area contributed by atoms with Crippen LogP contribution in [0.2, 0.25) is 0 Å². The van der Waals surface area contributed by atoms with Gasteiger partial charge in [0.1, 0.15) is 6.29 Å². The fourth-order valence-corrected chi connectivity index (χ4v) is 2.45. The Labute approximate surface area is 149 Å². The molecule has 0 amide bonds. The van der Waals surface area contributed by atoms with Crippen LogP contribution < -0.4 is 10.4 Å². The van der Waals surface area contributed by atoms with Crippen molar-refractivity contribution in [3.8, 4) is 0 Å². The smallest absolute Gasteiger partial charge is 0.225 e. The quantitative estimate of drug-likeness (QED) is 0.417. The maximum atomic E-state index is 10.8. The van der Waals surface area contributed by atoms with Gasteiger partial charge in [-0.2, -0.15) is 0 Å². The van der Waals surface area contributed by atoms with Crippen molar-refractivity contribution < 1.29 is 14.4 Å². The van der Waals surface area contributed by atoms with E-state index in [-0.39, 0.29) is 12.2 Å². The number of carbonyl (C=O) groups is 1. The van der Waals surface area contributed by atoms with Gasteiger partial charge in [-0.3, -0.25) is 5.48 Å². The van der Waals surface area contributed by atoms with E-state index in [2.05, 4.69) is 40.8 Å². The molecule has 0 aromatic carbocycles. The van der Waals surface area contributed by atoms with Crippen molar-refractivity contribution in [1.29, 1.82) is 0 Å². The topological polar surface area (TPSA) is 76.6 Å². The van der Waals surface area contributed by atoms with Crippen LogP contribution in [-0.4, -0.2) is 42.2 Å². The summed E-state index contributed by atoms with van der Waals surface area (Å²) in [5, 5.41) is 0. The molecule has 0 aliphatic carbocycles. The number of hydrogen-bond acceptors (Lipinski definition) is 7. The fraction of sp³-hybridized carbons (Fsp3) is 0.611. The van der Waals surface area contributed by atoms with Crippen molar-refractivity contribution in [3.63, 3.8) is 0 Å². The van der Waals surface area contributed by atoms with E-state index < -0.39 is 0 Å². The highest BCUT2D eigenvalue weighted by atomic mass is 16.8. The van der Waals surface area contributed by atoms with Crippen LogP contribution in [0.1, 0.15) is 39.2 Å². The Balaban J connectivity index is 1.81. The Bertz CT molecular complexity index is 554. The highest BCUT2D eigenvalue weighted by Crippen LogP contribution is 2.19. The van der Waals surface area contributed by atoms with Crippen molar-refractivity contribution in [1.82, 2.24) is 15.4 Å². The Morgan fingerprint density at radius 1 is 1.36 bits per heavy atom. The van der Waals surface area contributed by atoms with Crippen LogP contribution in [0.4, 0.5) is 5.95 Å². The molecule has 0 spiro atoms. The van der Waals surface area contributed by atoms with Crippen LogP contribution >= 0.6 is 0 Å². The van der Waals surface area contributed by atoms with Gasteiger partial charge >= 0.3 is 0 Å². The summed E-state index contributed by atoms with van der Waals surface area (Å²) in [5.41, 5.74) is 4.11. The molecule has 1 saturated heterocycles. The van der Waals surface area contributed by atoms with Gasteiger partial charge in [-0.25, -0.2) is 14.8 Å². The van der Waals surface area contributed by atoms with Gasteiger partial charge in [-0.15, -0.1) is 0 Å². The molecule has 2 heterocycles. The molecule has 7 heteroatoms. The molecule has 1 fully saturated rings. The SMILES string of the molecule is C=C(NOC(C)OCC(C)C)c1cnc(N2CCC(C=O)CC2)nc1. The van der Waals surface area contributed by atoms with E-state index in [0.717, 1.165) is 37.8 Å². The minimum Gasteiger partial charge on any atom is -0.350 e. The van der Waals surface area contributed by atoms with Gasteiger partial charge in [-0.05, 0) is 25.7 Å². The number of nitrogens with zero attached hydrogens (tertiary/aromatic N) is 3. The molecule has 1 aliphatic heterocycles. The molecule has 1 N–H and O–H groups in total. The summed E-state index contributed by atoms with van der Waals surface area (Å²) < 4.78 is 5.52. The number of hydroxylamine groups is 1. The maximum absolute atomic E-state index is 10.8. The molecule has 1 aliphatic rings. The monoisotopic (exact) mass is 348 g/mol. The van der Waals surface area contributed by atoms with Crippen LogP contribution in [0.5, 0.6) is 0 Å². The first-order chi connectivity index (χ1) is 12.0. The third-order valence-electron chi connectivity index (χ3n) is 4.01. The highest BCUT2D eigenvalue weighted by Gasteiger charge is 2.20. The van der Waals surface area contributed by atoms with Crippen molar-refractivity contribution in [2.75, 3.05) is 24.6 Å². The Kier molecular flexibility index (Phi) is 7.33. The lowest BCUT2D eigenvalue weighted by atomic mass is 9.99. The standard InChI is InChI=1S/C18H28N4O3/c1-13(2)12-24-15(4)25-21-14(3)17-9-19-18(20-10-17)22-7-5-16(11-23)6-8-22/h9-11,13,15-16,21H,3,5-8,12H2,1-2,4H3. The summed E-state index contributed by atoms with van der Waals surface area (Å²) in [5.74, 6) is 1.29. The van der Waals surface area contributed by atoms with E-state index in [9.17, 15) is 4.79 Å². The summed E-state index contributed by atoms with van der Waals surface area (Å²) in [6.07, 6.45) is 5.80. The van der Waals surface area contributed by atoms with E-state index in [1.807, 2.05) is 6.92 Å². The summed E-state index contributed by atoms with van der Waals surface area (Å²) >= 11 is 0. The molecular weight excluding hydrogens is 320 g/mol. The summed E-state index contributed by atoms with van der Waals surface area (Å²) in [6.45, 7) is 12.2. The van der Waals surface area contributed by atoms with Crippen molar-refractivity contribution >= 4 is 17.9 Å².